The third kappa shape index (κ3) is 3.66. The van der Waals surface area contributed by atoms with Crippen molar-refractivity contribution in [3.05, 3.63) is 63.7 Å². The van der Waals surface area contributed by atoms with E-state index in [2.05, 4.69) is 16.7 Å². The van der Waals surface area contributed by atoms with Crippen LogP contribution in [0.15, 0.2) is 41.5 Å². The summed E-state index contributed by atoms with van der Waals surface area (Å²) in [5, 5.41) is 0. The Morgan fingerprint density at radius 2 is 1.71 bits per heavy atom. The first-order chi connectivity index (χ1) is 20.2. The van der Waals surface area contributed by atoms with Gasteiger partial charge in [0.05, 0.1) is 17.5 Å². The predicted octanol–water partition coefficient (Wildman–Crippen LogP) is 4.61. The van der Waals surface area contributed by atoms with Crippen molar-refractivity contribution in [2.45, 2.75) is 78.2 Å². The number of nitrogens with zero attached hydrogens (tertiary/aromatic N) is 2. The molecule has 0 saturated carbocycles. The smallest absolute Gasteiger partial charge is 0.310 e. The molecule has 8 heteroatoms. The van der Waals surface area contributed by atoms with Crippen molar-refractivity contribution in [3.8, 4) is 11.5 Å². The van der Waals surface area contributed by atoms with E-state index in [1.54, 1.807) is 6.92 Å². The molecule has 7 rings (SSSR count). The highest BCUT2D eigenvalue weighted by molar-refractivity contribution is 6.19. The third-order valence-corrected chi connectivity index (χ3v) is 10.2. The molecule has 0 spiro atoms. The largest absolute Gasteiger partial charge is 0.468 e. The number of fused-ring (bicyclic) bond motifs is 5. The first-order valence-electron chi connectivity index (χ1n) is 15.2. The standard InChI is InChI=1S/C34H38N2O6/c1-20-24-18-33(4)32(39)25(19-40-27(37)17-23-11-6-5-7-12-23)21(2)31(38)34(33,35-14-8-9-15-35)42-29(24)22(3)28-30(20)41-26-13-10-16-36(26)28/h5-7,11-12,26H,8-10,13-19H2,1-4H3. The van der Waals surface area contributed by atoms with Crippen molar-refractivity contribution < 1.29 is 28.6 Å². The fraction of sp³-hybridized carbons (Fsp3) is 0.500. The molecule has 220 valence electrons. The Kier molecular flexibility index (Phi) is 6.28. The Morgan fingerprint density at radius 3 is 2.45 bits per heavy atom. The quantitative estimate of drug-likeness (QED) is 0.482. The molecule has 4 aliphatic heterocycles. The van der Waals surface area contributed by atoms with E-state index in [1.165, 1.54) is 0 Å². The summed E-state index contributed by atoms with van der Waals surface area (Å²) in [5.41, 5.74) is 2.67. The van der Waals surface area contributed by atoms with Gasteiger partial charge in [-0.2, -0.15) is 0 Å². The van der Waals surface area contributed by atoms with Crippen molar-refractivity contribution in [2.24, 2.45) is 5.41 Å². The van der Waals surface area contributed by atoms with Crippen LogP contribution in [0.1, 0.15) is 61.8 Å². The molecule has 2 fully saturated rings. The summed E-state index contributed by atoms with van der Waals surface area (Å²) in [6.45, 7) is 9.69. The van der Waals surface area contributed by atoms with Gasteiger partial charge in [0, 0.05) is 53.9 Å². The first-order valence-corrected chi connectivity index (χ1v) is 15.2. The second-order valence-corrected chi connectivity index (χ2v) is 12.7. The van der Waals surface area contributed by atoms with Crippen molar-refractivity contribution in [1.29, 1.82) is 0 Å². The Balaban J connectivity index is 1.29. The lowest BCUT2D eigenvalue weighted by atomic mass is 9.60. The number of carbonyl (C=O) groups is 3. The summed E-state index contributed by atoms with van der Waals surface area (Å²) in [6, 6.07) is 9.34. The summed E-state index contributed by atoms with van der Waals surface area (Å²) >= 11 is 0. The van der Waals surface area contributed by atoms with Crippen LogP contribution in [0.2, 0.25) is 0 Å². The lowest BCUT2D eigenvalue weighted by Gasteiger charge is -2.56. The molecule has 42 heavy (non-hydrogen) atoms. The van der Waals surface area contributed by atoms with Gasteiger partial charge in [0.25, 0.3) is 0 Å². The van der Waals surface area contributed by atoms with E-state index in [-0.39, 0.29) is 36.4 Å². The number of Topliss-reactive ketones (excluding diaryl/α,β-unsaturated/α-hetero) is 2. The molecular weight excluding hydrogens is 532 g/mol. The van der Waals surface area contributed by atoms with Crippen LogP contribution in [0.4, 0.5) is 5.69 Å². The topological polar surface area (TPSA) is 85.4 Å². The molecule has 0 bridgehead atoms. The molecule has 5 aliphatic rings. The monoisotopic (exact) mass is 570 g/mol. The Hall–Kier alpha value is -3.65. The van der Waals surface area contributed by atoms with Crippen LogP contribution >= 0.6 is 0 Å². The fourth-order valence-corrected chi connectivity index (χ4v) is 7.97. The van der Waals surface area contributed by atoms with Crippen molar-refractivity contribution in [1.82, 2.24) is 4.90 Å². The van der Waals surface area contributed by atoms with Gasteiger partial charge < -0.3 is 19.1 Å². The van der Waals surface area contributed by atoms with Gasteiger partial charge in [-0.25, -0.2) is 0 Å². The normalized spacial score (nSPS) is 28.2. The molecule has 3 atom stereocenters. The molecule has 2 aromatic rings. The fourth-order valence-electron chi connectivity index (χ4n) is 7.97. The molecule has 0 amide bonds. The van der Waals surface area contributed by atoms with Gasteiger partial charge in [0.15, 0.2) is 12.0 Å². The average molecular weight is 571 g/mol. The van der Waals surface area contributed by atoms with Gasteiger partial charge in [-0.1, -0.05) is 30.3 Å². The minimum Gasteiger partial charge on any atom is -0.468 e. The second kappa shape index (κ2) is 9.69. The van der Waals surface area contributed by atoms with Gasteiger partial charge in [0.2, 0.25) is 11.5 Å². The Morgan fingerprint density at radius 1 is 0.976 bits per heavy atom. The summed E-state index contributed by atoms with van der Waals surface area (Å²) in [6.07, 6.45) is 4.39. The van der Waals surface area contributed by atoms with E-state index >= 15 is 0 Å². The first kappa shape index (κ1) is 27.2. The average Bonchev–Trinajstić information content (AvgIpc) is 3.74. The molecule has 8 nitrogen and oxygen atoms in total. The minimum atomic E-state index is -1.45. The van der Waals surface area contributed by atoms with Crippen molar-refractivity contribution in [3.63, 3.8) is 0 Å². The minimum absolute atomic E-state index is 0.0241. The van der Waals surface area contributed by atoms with Gasteiger partial charge in [0.1, 0.15) is 18.1 Å². The van der Waals surface area contributed by atoms with Crippen molar-refractivity contribution in [2.75, 3.05) is 31.1 Å². The van der Waals surface area contributed by atoms with E-state index in [0.29, 0.717) is 30.8 Å². The summed E-state index contributed by atoms with van der Waals surface area (Å²) < 4.78 is 19.1. The maximum Gasteiger partial charge on any atom is 0.310 e. The maximum absolute atomic E-state index is 14.6. The number of esters is 1. The zero-order chi connectivity index (χ0) is 29.4. The van der Waals surface area contributed by atoms with Crippen LogP contribution in [-0.4, -0.2) is 60.6 Å². The molecule has 0 radical (unpaired) electrons. The van der Waals surface area contributed by atoms with Crippen LogP contribution < -0.4 is 14.4 Å². The highest BCUT2D eigenvalue weighted by Gasteiger charge is 2.69. The number of hydrogen-bond donors (Lipinski definition) is 0. The lowest BCUT2D eigenvalue weighted by molar-refractivity contribution is -0.190. The molecule has 1 aliphatic carbocycles. The number of ether oxygens (including phenoxy) is 3. The summed E-state index contributed by atoms with van der Waals surface area (Å²) in [5.74, 6) is 0.739. The number of rotatable bonds is 5. The number of carbonyl (C=O) groups excluding carboxylic acids is 3. The van der Waals surface area contributed by atoms with Crippen LogP contribution in [0.3, 0.4) is 0 Å². The molecule has 0 aromatic heterocycles. The predicted molar refractivity (Wildman–Crippen MR) is 157 cm³/mol. The Bertz CT molecular complexity index is 1540. The number of ketones is 2. The second-order valence-electron chi connectivity index (χ2n) is 12.7. The number of benzene rings is 2. The molecule has 2 aromatic carbocycles. The van der Waals surface area contributed by atoms with Crippen molar-refractivity contribution >= 4 is 23.2 Å². The van der Waals surface area contributed by atoms with Crippen LogP contribution in [0, 0.1) is 19.3 Å². The van der Waals surface area contributed by atoms with E-state index in [4.69, 9.17) is 14.2 Å². The van der Waals surface area contributed by atoms with E-state index < -0.39 is 17.1 Å². The number of hydrogen-bond acceptors (Lipinski definition) is 8. The van der Waals surface area contributed by atoms with Crippen LogP contribution in [0.25, 0.3) is 0 Å². The van der Waals surface area contributed by atoms with Gasteiger partial charge >= 0.3 is 5.97 Å². The highest BCUT2D eigenvalue weighted by atomic mass is 16.5. The molecule has 3 unspecified atom stereocenters. The molecular formula is C34H38N2O6. The summed E-state index contributed by atoms with van der Waals surface area (Å²) in [7, 11) is 0. The molecule has 2 saturated heterocycles. The number of likely N-dealkylation sites (tertiary alicyclic amines) is 1. The number of anilines is 1. The van der Waals surface area contributed by atoms with Crippen LogP contribution in [0.5, 0.6) is 11.5 Å². The maximum atomic E-state index is 14.6. The molecule has 4 heterocycles. The van der Waals surface area contributed by atoms with Gasteiger partial charge in [-0.15, -0.1) is 0 Å². The van der Waals surface area contributed by atoms with E-state index in [1.807, 2.05) is 44.2 Å². The zero-order valence-electron chi connectivity index (χ0n) is 24.9. The lowest BCUT2D eigenvalue weighted by Crippen LogP contribution is -2.73. The van der Waals surface area contributed by atoms with E-state index in [0.717, 1.165) is 65.9 Å². The SMILES string of the molecule is CC1=C(COC(=O)Cc2ccccc2)C(=O)C2(C)Cc3c(C)c4c(c(C)c3OC2(N2CCCC2)C1=O)N1CCCC1O4. The zero-order valence-corrected chi connectivity index (χ0v) is 24.9. The third-order valence-electron chi connectivity index (χ3n) is 10.2. The van der Waals surface area contributed by atoms with E-state index in [9.17, 15) is 14.4 Å². The molecule has 0 N–H and O–H groups in total. The highest BCUT2D eigenvalue weighted by Crippen LogP contribution is 2.59. The van der Waals surface area contributed by atoms with Crippen LogP contribution in [-0.2, 0) is 32.0 Å². The summed E-state index contributed by atoms with van der Waals surface area (Å²) in [4.78, 5) is 46.4. The van der Waals surface area contributed by atoms with Gasteiger partial charge in [-0.3, -0.25) is 19.3 Å². The Labute approximate surface area is 246 Å². The van der Waals surface area contributed by atoms with Gasteiger partial charge in [-0.05, 0) is 58.9 Å².